The molecule has 1 fully saturated rings. The van der Waals surface area contributed by atoms with Crippen molar-refractivity contribution >= 4 is 28.0 Å². The number of sulfone groups is 1. The quantitative estimate of drug-likeness (QED) is 0.860. The first-order valence-electron chi connectivity index (χ1n) is 8.26. The summed E-state index contributed by atoms with van der Waals surface area (Å²) >= 11 is 0. The van der Waals surface area contributed by atoms with E-state index in [1.54, 1.807) is 30.3 Å². The fourth-order valence-electron chi connectivity index (χ4n) is 3.59. The van der Waals surface area contributed by atoms with E-state index in [-0.39, 0.29) is 18.3 Å². The number of hydrogen-bond donors (Lipinski definition) is 1. The number of halogens is 1. The Kier molecular flexibility index (Phi) is 4.75. The Hall–Kier alpha value is -1.69. The highest BCUT2D eigenvalue weighted by molar-refractivity contribution is 7.95. The SMILES string of the molecule is CC1CC2=NC3=C(S(=O)(=O)c4ccccc4)C=CC(C)C3=C2CN1.Cl. The normalized spacial score (nSPS) is 25.3. The predicted molar refractivity (Wildman–Crippen MR) is 103 cm³/mol. The third kappa shape index (κ3) is 2.90. The minimum atomic E-state index is -3.56. The molecule has 0 amide bonds. The van der Waals surface area contributed by atoms with Crippen molar-refractivity contribution in [2.24, 2.45) is 10.9 Å². The van der Waals surface area contributed by atoms with Crippen molar-refractivity contribution in [1.29, 1.82) is 0 Å². The van der Waals surface area contributed by atoms with Crippen molar-refractivity contribution in [2.45, 2.75) is 31.2 Å². The van der Waals surface area contributed by atoms with Gasteiger partial charge in [-0.15, -0.1) is 12.4 Å². The Morgan fingerprint density at radius 3 is 2.60 bits per heavy atom. The molecule has 2 heterocycles. The van der Waals surface area contributed by atoms with Gasteiger partial charge in [0.05, 0.1) is 15.5 Å². The van der Waals surface area contributed by atoms with Gasteiger partial charge in [-0.2, -0.15) is 0 Å². The largest absolute Gasteiger partial charge is 0.310 e. The molecule has 4 nitrogen and oxygen atoms in total. The molecule has 4 rings (SSSR count). The number of rotatable bonds is 2. The number of aliphatic imine (C=N–C) groups is 1. The molecule has 132 valence electrons. The summed E-state index contributed by atoms with van der Waals surface area (Å²) in [5.74, 6) is 0.182. The third-order valence-electron chi connectivity index (χ3n) is 4.87. The zero-order valence-corrected chi connectivity index (χ0v) is 15.8. The van der Waals surface area contributed by atoms with Gasteiger partial charge in [-0.25, -0.2) is 8.42 Å². The van der Waals surface area contributed by atoms with Crippen LogP contribution in [-0.4, -0.2) is 26.7 Å². The van der Waals surface area contributed by atoms with Crippen LogP contribution in [-0.2, 0) is 9.84 Å². The lowest BCUT2D eigenvalue weighted by Gasteiger charge is -2.24. The van der Waals surface area contributed by atoms with Gasteiger partial charge < -0.3 is 5.32 Å². The second-order valence-corrected chi connectivity index (χ2v) is 8.53. The van der Waals surface area contributed by atoms with Gasteiger partial charge in [-0.3, -0.25) is 4.99 Å². The van der Waals surface area contributed by atoms with E-state index in [1.165, 1.54) is 5.57 Å². The molecule has 6 heteroatoms. The summed E-state index contributed by atoms with van der Waals surface area (Å²) in [6, 6.07) is 8.96. The maximum atomic E-state index is 13.1. The van der Waals surface area contributed by atoms with Gasteiger partial charge in [-0.05, 0) is 36.3 Å². The third-order valence-corrected chi connectivity index (χ3v) is 6.67. The average Bonchev–Trinajstić information content (AvgIpc) is 2.94. The van der Waals surface area contributed by atoms with E-state index in [9.17, 15) is 8.42 Å². The van der Waals surface area contributed by atoms with Gasteiger partial charge in [0.25, 0.3) is 0 Å². The molecule has 1 aromatic rings. The average molecular weight is 377 g/mol. The van der Waals surface area contributed by atoms with Crippen LogP contribution in [0, 0.1) is 5.92 Å². The highest BCUT2D eigenvalue weighted by Gasteiger charge is 2.36. The van der Waals surface area contributed by atoms with E-state index in [0.29, 0.717) is 21.5 Å². The monoisotopic (exact) mass is 376 g/mol. The van der Waals surface area contributed by atoms with E-state index >= 15 is 0 Å². The zero-order valence-electron chi connectivity index (χ0n) is 14.2. The van der Waals surface area contributed by atoms with Gasteiger partial charge >= 0.3 is 0 Å². The van der Waals surface area contributed by atoms with Gasteiger partial charge in [0.2, 0.25) is 9.84 Å². The van der Waals surface area contributed by atoms with E-state index in [1.807, 2.05) is 12.1 Å². The molecule has 1 aliphatic carbocycles. The summed E-state index contributed by atoms with van der Waals surface area (Å²) in [5, 5.41) is 3.46. The van der Waals surface area contributed by atoms with E-state index in [4.69, 9.17) is 4.99 Å². The first-order chi connectivity index (χ1) is 11.5. The molecule has 0 bridgehead atoms. The Morgan fingerprint density at radius 1 is 1.16 bits per heavy atom. The number of benzene rings is 1. The van der Waals surface area contributed by atoms with Gasteiger partial charge in [0.15, 0.2) is 0 Å². The number of piperidine rings is 1. The molecule has 1 N–H and O–H groups in total. The lowest BCUT2D eigenvalue weighted by molar-refractivity contribution is 0.575. The molecule has 0 aromatic heterocycles. The van der Waals surface area contributed by atoms with Crippen molar-refractivity contribution in [1.82, 2.24) is 5.32 Å². The summed E-state index contributed by atoms with van der Waals surface area (Å²) in [6.07, 6.45) is 4.54. The summed E-state index contributed by atoms with van der Waals surface area (Å²) in [4.78, 5) is 5.40. The number of nitrogens with one attached hydrogen (secondary N) is 1. The minimum absolute atomic E-state index is 0. The summed E-state index contributed by atoms with van der Waals surface area (Å²) in [6.45, 7) is 4.99. The number of nitrogens with zero attached hydrogens (tertiary/aromatic N) is 1. The standard InChI is InChI=1S/C19H20N2O2S.ClH/c1-12-8-9-17(24(22,23)14-6-4-3-5-7-14)19-18(12)15-11-20-13(2)10-16(15)21-19;/h3-9,12-13,20H,10-11H2,1-2H3;1H. The maximum absolute atomic E-state index is 13.1. The van der Waals surface area contributed by atoms with Gasteiger partial charge in [0, 0.05) is 30.6 Å². The Bertz CT molecular complexity index is 927. The van der Waals surface area contributed by atoms with Crippen LogP contribution in [0.15, 0.2) is 74.1 Å². The predicted octanol–water partition coefficient (Wildman–Crippen LogP) is 3.43. The molecular formula is C19H21ClN2O2S. The summed E-state index contributed by atoms with van der Waals surface area (Å²) < 4.78 is 26.2. The molecule has 1 saturated heterocycles. The van der Waals surface area contributed by atoms with Crippen LogP contribution < -0.4 is 5.32 Å². The van der Waals surface area contributed by atoms with Crippen LogP contribution in [0.2, 0.25) is 0 Å². The molecule has 3 aliphatic rings. The second-order valence-electron chi connectivity index (χ2n) is 6.61. The molecule has 0 spiro atoms. The van der Waals surface area contributed by atoms with Gasteiger partial charge in [0.1, 0.15) is 0 Å². The van der Waals surface area contributed by atoms with E-state index < -0.39 is 9.84 Å². The van der Waals surface area contributed by atoms with Crippen molar-refractivity contribution in [2.75, 3.05) is 6.54 Å². The molecule has 25 heavy (non-hydrogen) atoms. The Labute approximate surface area is 154 Å². The van der Waals surface area contributed by atoms with Crippen LogP contribution in [0.4, 0.5) is 0 Å². The summed E-state index contributed by atoms with van der Waals surface area (Å²) in [5.41, 5.74) is 3.94. The molecule has 2 atom stereocenters. The van der Waals surface area contributed by atoms with Crippen molar-refractivity contribution < 1.29 is 8.42 Å². The van der Waals surface area contributed by atoms with Crippen LogP contribution >= 0.6 is 12.4 Å². The fraction of sp³-hybridized carbons (Fsp3) is 0.316. The number of allylic oxidation sites excluding steroid dienone is 3. The first-order valence-corrected chi connectivity index (χ1v) is 9.74. The Balaban J connectivity index is 0.00000182. The minimum Gasteiger partial charge on any atom is -0.310 e. The molecule has 0 radical (unpaired) electrons. The molecule has 1 aromatic carbocycles. The van der Waals surface area contributed by atoms with Crippen LogP contribution in [0.1, 0.15) is 20.3 Å². The van der Waals surface area contributed by atoms with Crippen molar-refractivity contribution in [3.05, 3.63) is 64.2 Å². The lowest BCUT2D eigenvalue weighted by Crippen LogP contribution is -2.37. The summed E-state index contributed by atoms with van der Waals surface area (Å²) in [7, 11) is -3.56. The highest BCUT2D eigenvalue weighted by Crippen LogP contribution is 2.42. The van der Waals surface area contributed by atoms with Crippen LogP contribution in [0.3, 0.4) is 0 Å². The zero-order chi connectivity index (χ0) is 16.9. The second kappa shape index (κ2) is 6.56. The van der Waals surface area contributed by atoms with Crippen molar-refractivity contribution in [3.8, 4) is 0 Å². The van der Waals surface area contributed by atoms with E-state index in [0.717, 1.165) is 24.3 Å². The first kappa shape index (κ1) is 18.1. The van der Waals surface area contributed by atoms with Crippen LogP contribution in [0.5, 0.6) is 0 Å². The van der Waals surface area contributed by atoms with Crippen LogP contribution in [0.25, 0.3) is 0 Å². The van der Waals surface area contributed by atoms with E-state index in [2.05, 4.69) is 19.2 Å². The molecular weight excluding hydrogens is 356 g/mol. The number of hydrogen-bond acceptors (Lipinski definition) is 4. The molecule has 2 aliphatic heterocycles. The molecule has 0 saturated carbocycles. The maximum Gasteiger partial charge on any atom is 0.208 e. The lowest BCUT2D eigenvalue weighted by atomic mass is 9.87. The van der Waals surface area contributed by atoms with Crippen molar-refractivity contribution in [3.63, 3.8) is 0 Å². The van der Waals surface area contributed by atoms with Gasteiger partial charge in [-0.1, -0.05) is 31.2 Å². The Morgan fingerprint density at radius 2 is 1.88 bits per heavy atom. The highest BCUT2D eigenvalue weighted by atomic mass is 35.5. The number of fused-ring (bicyclic) bond motifs is 2. The molecule has 2 unspecified atom stereocenters. The topological polar surface area (TPSA) is 58.5 Å². The smallest absolute Gasteiger partial charge is 0.208 e. The fourth-order valence-corrected chi connectivity index (χ4v) is 5.03.